The maximum Gasteiger partial charge on any atom is 0.490 e. The van der Waals surface area contributed by atoms with Crippen LogP contribution in [0.15, 0.2) is 36.5 Å². The number of carboxylic acids is 1. The first-order valence-corrected chi connectivity index (χ1v) is 9.35. The highest BCUT2D eigenvalue weighted by Crippen LogP contribution is 2.39. The number of alkyl halides is 3. The number of carbonyl (C=O) groups excluding carboxylic acids is 1. The average Bonchev–Trinajstić information content (AvgIpc) is 3.14. The molecular weight excluding hydrogens is 387 g/mol. The van der Waals surface area contributed by atoms with Gasteiger partial charge in [-0.15, -0.1) is 0 Å². The Morgan fingerprint density at radius 3 is 2.45 bits per heavy atom. The number of halogens is 3. The van der Waals surface area contributed by atoms with Crippen LogP contribution in [-0.4, -0.2) is 69.7 Å². The number of likely N-dealkylation sites (tertiary alicyclic amines) is 2. The molecule has 156 valence electrons. The minimum Gasteiger partial charge on any atom is -0.475 e. The van der Waals surface area contributed by atoms with Gasteiger partial charge in [-0.2, -0.15) is 13.2 Å². The van der Waals surface area contributed by atoms with Crippen molar-refractivity contribution in [2.75, 3.05) is 26.2 Å². The Morgan fingerprint density at radius 1 is 1.21 bits per heavy atom. The number of amides is 1. The van der Waals surface area contributed by atoms with E-state index in [1.807, 2.05) is 35.2 Å². The van der Waals surface area contributed by atoms with E-state index < -0.39 is 12.1 Å². The summed E-state index contributed by atoms with van der Waals surface area (Å²) in [4.78, 5) is 30.6. The van der Waals surface area contributed by atoms with Crippen LogP contribution in [0.25, 0.3) is 10.9 Å². The molecule has 29 heavy (non-hydrogen) atoms. The van der Waals surface area contributed by atoms with Gasteiger partial charge in [-0.1, -0.05) is 25.1 Å². The van der Waals surface area contributed by atoms with E-state index in [0.717, 1.165) is 37.0 Å². The molecule has 1 aromatic carbocycles. The van der Waals surface area contributed by atoms with Crippen molar-refractivity contribution in [3.8, 4) is 0 Å². The summed E-state index contributed by atoms with van der Waals surface area (Å²) in [7, 11) is 0. The lowest BCUT2D eigenvalue weighted by atomic mass is 9.84. The van der Waals surface area contributed by atoms with Gasteiger partial charge in [0, 0.05) is 36.8 Å². The Labute approximate surface area is 165 Å². The largest absolute Gasteiger partial charge is 0.490 e. The molecule has 3 heterocycles. The third-order valence-electron chi connectivity index (χ3n) is 5.60. The first-order valence-electron chi connectivity index (χ1n) is 9.35. The number of benzene rings is 1. The number of hydrogen-bond donors (Lipinski definition) is 1. The van der Waals surface area contributed by atoms with Gasteiger partial charge < -0.3 is 10.0 Å². The quantitative estimate of drug-likeness (QED) is 0.825. The fourth-order valence-corrected chi connectivity index (χ4v) is 3.94. The van der Waals surface area contributed by atoms with Gasteiger partial charge in [0.05, 0.1) is 11.1 Å². The molecule has 0 radical (unpaired) electrons. The molecule has 2 aliphatic rings. The predicted octanol–water partition coefficient (Wildman–Crippen LogP) is 3.18. The lowest BCUT2D eigenvalue weighted by Crippen LogP contribution is -2.61. The lowest BCUT2D eigenvalue weighted by Gasteiger charge is -2.50. The summed E-state index contributed by atoms with van der Waals surface area (Å²) in [6, 6.07) is 9.90. The molecule has 1 N–H and O–H groups in total. The normalized spacial score (nSPS) is 21.6. The van der Waals surface area contributed by atoms with Crippen LogP contribution in [0.5, 0.6) is 0 Å². The summed E-state index contributed by atoms with van der Waals surface area (Å²) >= 11 is 0. The highest BCUT2D eigenvalue weighted by atomic mass is 19.4. The van der Waals surface area contributed by atoms with E-state index >= 15 is 0 Å². The molecule has 0 bridgehead atoms. The fraction of sp³-hybridized carbons (Fsp3) is 0.450. The van der Waals surface area contributed by atoms with Gasteiger partial charge in [0.1, 0.15) is 0 Å². The Balaban J connectivity index is 0.000000298. The fourth-order valence-electron chi connectivity index (χ4n) is 3.94. The molecular formula is C20H22F3N3O3. The van der Waals surface area contributed by atoms with Crippen molar-refractivity contribution in [3.63, 3.8) is 0 Å². The molecule has 6 nitrogen and oxygen atoms in total. The topological polar surface area (TPSA) is 73.7 Å². The van der Waals surface area contributed by atoms with E-state index in [1.165, 1.54) is 13.0 Å². The third kappa shape index (κ3) is 4.34. The molecule has 2 aliphatic heterocycles. The molecule has 1 amide bonds. The molecule has 1 aromatic heterocycles. The van der Waals surface area contributed by atoms with E-state index in [4.69, 9.17) is 9.90 Å². The van der Waals surface area contributed by atoms with E-state index in [2.05, 4.69) is 16.8 Å². The van der Waals surface area contributed by atoms with Gasteiger partial charge in [-0.25, -0.2) is 4.79 Å². The second kappa shape index (κ2) is 7.98. The summed E-state index contributed by atoms with van der Waals surface area (Å²) in [5.41, 5.74) is 1.90. The number of pyridine rings is 1. The van der Waals surface area contributed by atoms with Crippen molar-refractivity contribution in [1.82, 2.24) is 14.8 Å². The standard InChI is InChI=1S/C18H21N3O.C2HF3O2/c1-2-21-10-8-18(21)7-9-20(13-18)17(22)15-11-14-5-3-4-6-16(14)19-12-15;3-2(4,5)1(6)7/h3-6,11-12H,2,7-10,13H2,1H3;(H,6,7). The summed E-state index contributed by atoms with van der Waals surface area (Å²) in [6.45, 7) is 6.20. The van der Waals surface area contributed by atoms with Crippen molar-refractivity contribution >= 4 is 22.8 Å². The molecule has 4 rings (SSSR count). The van der Waals surface area contributed by atoms with Crippen LogP contribution in [0, 0.1) is 0 Å². The van der Waals surface area contributed by atoms with E-state index in [1.54, 1.807) is 6.20 Å². The minimum atomic E-state index is -5.08. The summed E-state index contributed by atoms with van der Waals surface area (Å²) in [6.07, 6.45) is -1.04. The molecule has 1 unspecified atom stereocenters. The number of carboxylic acid groups (broad SMARTS) is 1. The zero-order valence-corrected chi connectivity index (χ0v) is 15.9. The zero-order chi connectivity index (χ0) is 21.2. The van der Waals surface area contributed by atoms with Gasteiger partial charge in [-0.05, 0) is 31.5 Å². The molecule has 2 fully saturated rings. The van der Waals surface area contributed by atoms with Gasteiger partial charge in [0.25, 0.3) is 5.91 Å². The Kier molecular flexibility index (Phi) is 5.79. The van der Waals surface area contributed by atoms with Crippen LogP contribution < -0.4 is 0 Å². The Hall–Kier alpha value is -2.68. The van der Waals surface area contributed by atoms with Crippen LogP contribution in [0.2, 0.25) is 0 Å². The molecule has 1 spiro atoms. The second-order valence-electron chi connectivity index (χ2n) is 7.25. The highest BCUT2D eigenvalue weighted by Gasteiger charge is 2.49. The number of para-hydroxylation sites is 1. The predicted molar refractivity (Wildman–Crippen MR) is 101 cm³/mol. The summed E-state index contributed by atoms with van der Waals surface area (Å²) in [5, 5.41) is 8.15. The Morgan fingerprint density at radius 2 is 1.86 bits per heavy atom. The van der Waals surface area contributed by atoms with Crippen LogP contribution in [0.3, 0.4) is 0 Å². The first kappa shape index (κ1) is 21.0. The number of aromatic nitrogens is 1. The highest BCUT2D eigenvalue weighted by molar-refractivity contribution is 5.97. The molecule has 0 saturated carbocycles. The van der Waals surface area contributed by atoms with Gasteiger partial charge >= 0.3 is 12.1 Å². The minimum absolute atomic E-state index is 0.123. The maximum atomic E-state index is 12.8. The molecule has 2 saturated heterocycles. The molecule has 1 atom stereocenters. The average molecular weight is 409 g/mol. The number of aliphatic carboxylic acids is 1. The smallest absolute Gasteiger partial charge is 0.475 e. The number of fused-ring (bicyclic) bond motifs is 1. The molecule has 2 aromatic rings. The number of rotatable bonds is 2. The Bertz CT molecular complexity index is 916. The van der Waals surface area contributed by atoms with Crippen LogP contribution >= 0.6 is 0 Å². The molecule has 0 aliphatic carbocycles. The van der Waals surface area contributed by atoms with Crippen LogP contribution in [-0.2, 0) is 4.79 Å². The van der Waals surface area contributed by atoms with Crippen molar-refractivity contribution in [2.45, 2.75) is 31.5 Å². The number of hydrogen-bond acceptors (Lipinski definition) is 4. The van der Waals surface area contributed by atoms with Gasteiger partial charge in [0.2, 0.25) is 0 Å². The number of carbonyl (C=O) groups is 2. The summed E-state index contributed by atoms with van der Waals surface area (Å²) < 4.78 is 31.7. The zero-order valence-electron chi connectivity index (χ0n) is 15.9. The van der Waals surface area contributed by atoms with Crippen LogP contribution in [0.4, 0.5) is 13.2 Å². The number of likely N-dealkylation sites (N-methyl/N-ethyl adjacent to an activating group) is 1. The van der Waals surface area contributed by atoms with Crippen molar-refractivity contribution in [1.29, 1.82) is 0 Å². The van der Waals surface area contributed by atoms with E-state index in [9.17, 15) is 18.0 Å². The van der Waals surface area contributed by atoms with Crippen molar-refractivity contribution in [2.24, 2.45) is 0 Å². The number of nitrogens with zero attached hydrogens (tertiary/aromatic N) is 3. The van der Waals surface area contributed by atoms with Gasteiger partial charge in [0.15, 0.2) is 0 Å². The van der Waals surface area contributed by atoms with E-state index in [0.29, 0.717) is 5.56 Å². The SMILES string of the molecule is CCN1CCC12CCN(C(=O)c1cnc3ccccc3c1)C2.O=C(O)C(F)(F)F. The summed E-state index contributed by atoms with van der Waals surface area (Å²) in [5.74, 6) is -2.63. The van der Waals surface area contributed by atoms with Crippen molar-refractivity contribution in [3.05, 3.63) is 42.1 Å². The lowest BCUT2D eigenvalue weighted by molar-refractivity contribution is -0.192. The van der Waals surface area contributed by atoms with Gasteiger partial charge in [-0.3, -0.25) is 14.7 Å². The maximum absolute atomic E-state index is 12.8. The third-order valence-corrected chi connectivity index (χ3v) is 5.60. The molecule has 9 heteroatoms. The monoisotopic (exact) mass is 409 g/mol. The van der Waals surface area contributed by atoms with E-state index in [-0.39, 0.29) is 11.4 Å². The van der Waals surface area contributed by atoms with Crippen molar-refractivity contribution < 1.29 is 27.9 Å². The second-order valence-corrected chi connectivity index (χ2v) is 7.25. The van der Waals surface area contributed by atoms with Crippen LogP contribution in [0.1, 0.15) is 30.1 Å². The first-order chi connectivity index (χ1) is 13.7.